The highest BCUT2D eigenvalue weighted by molar-refractivity contribution is 5.79. The van der Waals surface area contributed by atoms with Gasteiger partial charge < -0.3 is 24.5 Å². The Morgan fingerprint density at radius 2 is 1.87 bits per heavy atom. The summed E-state index contributed by atoms with van der Waals surface area (Å²) < 4.78 is 16.6. The van der Waals surface area contributed by atoms with E-state index in [0.717, 1.165) is 42.5 Å². The van der Waals surface area contributed by atoms with Crippen LogP contribution >= 0.6 is 0 Å². The number of aliphatic imine (C=N–C) groups is 1. The number of hydrogen-bond donors (Lipinski definition) is 2. The average molecular weight is 409 g/mol. The van der Waals surface area contributed by atoms with Gasteiger partial charge in [0.15, 0.2) is 5.96 Å². The summed E-state index contributed by atoms with van der Waals surface area (Å²) in [5.74, 6) is 3.12. The molecule has 0 aliphatic carbocycles. The second-order valence-corrected chi connectivity index (χ2v) is 6.47. The van der Waals surface area contributed by atoms with Gasteiger partial charge in [0.05, 0.1) is 12.8 Å². The Hall–Kier alpha value is -3.48. The molecule has 2 aromatic heterocycles. The first kappa shape index (κ1) is 21.2. The summed E-state index contributed by atoms with van der Waals surface area (Å²) >= 11 is 0. The van der Waals surface area contributed by atoms with E-state index in [1.54, 1.807) is 12.5 Å². The topological polar surface area (TPSA) is 80.9 Å². The first-order valence-corrected chi connectivity index (χ1v) is 10.1. The van der Waals surface area contributed by atoms with E-state index in [1.165, 1.54) is 0 Å². The Balaban J connectivity index is 1.40. The van der Waals surface area contributed by atoms with E-state index in [9.17, 15) is 0 Å². The minimum atomic E-state index is 0.434. The van der Waals surface area contributed by atoms with Crippen molar-refractivity contribution in [2.45, 2.75) is 19.9 Å². The number of guanidine groups is 1. The monoisotopic (exact) mass is 408 g/mol. The van der Waals surface area contributed by atoms with Gasteiger partial charge in [0.25, 0.3) is 0 Å². The summed E-state index contributed by atoms with van der Waals surface area (Å²) in [7, 11) is 0. The van der Waals surface area contributed by atoms with Crippen LogP contribution in [0.4, 0.5) is 0 Å². The van der Waals surface area contributed by atoms with Crippen molar-refractivity contribution < 1.29 is 13.9 Å². The second-order valence-electron chi connectivity index (χ2n) is 6.47. The van der Waals surface area contributed by atoms with Gasteiger partial charge in [0.2, 0.25) is 5.88 Å². The third-order valence-corrected chi connectivity index (χ3v) is 4.15. The molecule has 0 spiro atoms. The smallest absolute Gasteiger partial charge is 0.213 e. The van der Waals surface area contributed by atoms with Gasteiger partial charge in [0.1, 0.15) is 24.7 Å². The lowest BCUT2D eigenvalue weighted by atomic mass is 10.3. The SMILES string of the molecule is CCNC(=NCc1ccc(OCCOc2ccccc2)nc1)NCCc1ccco1. The molecule has 0 atom stereocenters. The van der Waals surface area contributed by atoms with Crippen LogP contribution in [-0.4, -0.2) is 37.2 Å². The van der Waals surface area contributed by atoms with Crippen LogP contribution in [0.1, 0.15) is 18.2 Å². The van der Waals surface area contributed by atoms with E-state index in [4.69, 9.17) is 13.9 Å². The van der Waals surface area contributed by atoms with Crippen LogP contribution in [-0.2, 0) is 13.0 Å². The zero-order chi connectivity index (χ0) is 20.9. The van der Waals surface area contributed by atoms with Crippen molar-refractivity contribution in [2.24, 2.45) is 4.99 Å². The van der Waals surface area contributed by atoms with Gasteiger partial charge >= 0.3 is 0 Å². The molecule has 0 aliphatic heterocycles. The second kappa shape index (κ2) is 12.2. The predicted octanol–water partition coefficient (Wildman–Crippen LogP) is 3.43. The molecule has 0 fully saturated rings. The highest BCUT2D eigenvalue weighted by Gasteiger charge is 2.01. The Kier molecular flexibility index (Phi) is 8.61. The van der Waals surface area contributed by atoms with E-state index < -0.39 is 0 Å². The summed E-state index contributed by atoms with van der Waals surface area (Å²) in [4.78, 5) is 8.95. The number of nitrogens with one attached hydrogen (secondary N) is 2. The quantitative estimate of drug-likeness (QED) is 0.287. The molecule has 0 unspecified atom stereocenters. The molecule has 0 radical (unpaired) electrons. The molecule has 1 aromatic carbocycles. The van der Waals surface area contributed by atoms with Gasteiger partial charge in [-0.25, -0.2) is 9.98 Å². The lowest BCUT2D eigenvalue weighted by Gasteiger charge is -2.11. The summed E-state index contributed by atoms with van der Waals surface area (Å²) in [6, 6.07) is 17.4. The molecule has 0 amide bonds. The van der Waals surface area contributed by atoms with E-state index in [1.807, 2.05) is 61.5 Å². The number of hydrogen-bond acceptors (Lipinski definition) is 5. The van der Waals surface area contributed by atoms with Gasteiger partial charge in [-0.05, 0) is 36.8 Å². The molecule has 3 aromatic rings. The van der Waals surface area contributed by atoms with Crippen molar-refractivity contribution in [3.63, 3.8) is 0 Å². The summed E-state index contributed by atoms with van der Waals surface area (Å²) in [6.45, 7) is 5.01. The maximum atomic E-state index is 5.63. The van der Waals surface area contributed by atoms with E-state index in [0.29, 0.717) is 25.6 Å². The van der Waals surface area contributed by atoms with Crippen molar-refractivity contribution in [1.82, 2.24) is 15.6 Å². The number of furan rings is 1. The molecule has 7 heteroatoms. The van der Waals surface area contributed by atoms with Crippen LogP contribution < -0.4 is 20.1 Å². The molecule has 0 aliphatic rings. The number of rotatable bonds is 11. The van der Waals surface area contributed by atoms with Crippen molar-refractivity contribution in [2.75, 3.05) is 26.3 Å². The zero-order valence-electron chi connectivity index (χ0n) is 17.2. The van der Waals surface area contributed by atoms with E-state index >= 15 is 0 Å². The minimum Gasteiger partial charge on any atom is -0.490 e. The molecule has 7 nitrogen and oxygen atoms in total. The van der Waals surface area contributed by atoms with Gasteiger partial charge in [0, 0.05) is 31.8 Å². The fourth-order valence-electron chi connectivity index (χ4n) is 2.68. The maximum Gasteiger partial charge on any atom is 0.213 e. The van der Waals surface area contributed by atoms with Crippen LogP contribution in [0.5, 0.6) is 11.6 Å². The lowest BCUT2D eigenvalue weighted by molar-refractivity contribution is 0.212. The molecular formula is C23H28N4O3. The summed E-state index contributed by atoms with van der Waals surface area (Å²) in [5.41, 5.74) is 1.01. The average Bonchev–Trinajstić information content (AvgIpc) is 3.30. The van der Waals surface area contributed by atoms with Gasteiger partial charge in [-0.2, -0.15) is 0 Å². The van der Waals surface area contributed by atoms with E-state index in [-0.39, 0.29) is 0 Å². The van der Waals surface area contributed by atoms with Crippen LogP contribution in [0.15, 0.2) is 76.5 Å². The van der Waals surface area contributed by atoms with Crippen molar-refractivity contribution in [1.29, 1.82) is 0 Å². The highest BCUT2D eigenvalue weighted by Crippen LogP contribution is 2.10. The van der Waals surface area contributed by atoms with Crippen LogP contribution in [0.25, 0.3) is 0 Å². The Morgan fingerprint density at radius 1 is 1.00 bits per heavy atom. The summed E-state index contributed by atoms with van der Waals surface area (Å²) in [6.07, 6.45) is 4.27. The predicted molar refractivity (Wildman–Crippen MR) is 117 cm³/mol. The Morgan fingerprint density at radius 3 is 2.60 bits per heavy atom. The van der Waals surface area contributed by atoms with Gasteiger partial charge in [-0.15, -0.1) is 0 Å². The molecule has 0 bridgehead atoms. The first-order valence-electron chi connectivity index (χ1n) is 10.1. The lowest BCUT2D eigenvalue weighted by Crippen LogP contribution is -2.38. The number of ether oxygens (including phenoxy) is 2. The van der Waals surface area contributed by atoms with Gasteiger partial charge in [-0.3, -0.25) is 0 Å². The number of para-hydroxylation sites is 1. The molecule has 30 heavy (non-hydrogen) atoms. The van der Waals surface area contributed by atoms with Crippen molar-refractivity contribution in [3.8, 4) is 11.6 Å². The van der Waals surface area contributed by atoms with Crippen molar-refractivity contribution >= 4 is 5.96 Å². The number of aromatic nitrogens is 1. The normalized spacial score (nSPS) is 11.2. The molecule has 2 N–H and O–H groups in total. The largest absolute Gasteiger partial charge is 0.490 e. The third-order valence-electron chi connectivity index (χ3n) is 4.15. The summed E-state index contributed by atoms with van der Waals surface area (Å²) in [5, 5.41) is 6.55. The molecule has 0 saturated heterocycles. The fourth-order valence-corrected chi connectivity index (χ4v) is 2.68. The van der Waals surface area contributed by atoms with Crippen molar-refractivity contribution in [3.05, 3.63) is 78.4 Å². The van der Waals surface area contributed by atoms with Crippen LogP contribution in [0.3, 0.4) is 0 Å². The Bertz CT molecular complexity index is 865. The van der Waals surface area contributed by atoms with Crippen LogP contribution in [0.2, 0.25) is 0 Å². The highest BCUT2D eigenvalue weighted by atomic mass is 16.5. The molecule has 158 valence electrons. The Labute approximate surface area is 177 Å². The zero-order valence-corrected chi connectivity index (χ0v) is 17.2. The standard InChI is InChI=1S/C23H28N4O3/c1-2-24-23(25-13-12-21-9-6-14-28-21)27-18-19-10-11-22(26-17-19)30-16-15-29-20-7-4-3-5-8-20/h3-11,14,17H,2,12-13,15-16,18H2,1H3,(H2,24,25,27). The number of benzene rings is 1. The maximum absolute atomic E-state index is 5.63. The van der Waals surface area contributed by atoms with Crippen LogP contribution in [0, 0.1) is 0 Å². The number of nitrogens with zero attached hydrogens (tertiary/aromatic N) is 2. The van der Waals surface area contributed by atoms with Gasteiger partial charge in [-0.1, -0.05) is 24.3 Å². The number of pyridine rings is 1. The molecule has 0 saturated carbocycles. The minimum absolute atomic E-state index is 0.434. The molecule has 3 rings (SSSR count). The van der Waals surface area contributed by atoms with E-state index in [2.05, 4.69) is 20.6 Å². The first-order chi connectivity index (χ1) is 14.8. The molecule has 2 heterocycles. The molecular weight excluding hydrogens is 380 g/mol. The fraction of sp³-hybridized carbons (Fsp3) is 0.304. The third kappa shape index (κ3) is 7.50.